The third-order valence-corrected chi connectivity index (χ3v) is 6.46. The van der Waals surface area contributed by atoms with E-state index in [2.05, 4.69) is 16.0 Å². The van der Waals surface area contributed by atoms with E-state index in [0.717, 1.165) is 29.5 Å². The van der Waals surface area contributed by atoms with Crippen LogP contribution in [0.2, 0.25) is 0 Å². The first-order chi connectivity index (χ1) is 17.9. The fraction of sp³-hybridized carbons (Fsp3) is 0.407. The van der Waals surface area contributed by atoms with Crippen molar-refractivity contribution in [3.63, 3.8) is 0 Å². The molecule has 0 radical (unpaired) electrons. The van der Waals surface area contributed by atoms with Gasteiger partial charge in [0.1, 0.15) is 11.9 Å². The zero-order valence-electron chi connectivity index (χ0n) is 21.6. The second-order valence-corrected chi connectivity index (χ2v) is 9.51. The van der Waals surface area contributed by atoms with Crippen molar-refractivity contribution in [1.82, 2.24) is 14.8 Å². The number of hydrogen-bond acceptors (Lipinski definition) is 8. The number of benzene rings is 1. The van der Waals surface area contributed by atoms with Crippen LogP contribution in [0, 0.1) is 25.7 Å². The standard InChI is InChI=1S/C27H30N4O7/c1-5-18(14-24(33)34)38-26-25-20(30(4)29-26)8-9-22(28-25)31(23(32)10-11-27(35,36)37)21-13-16(3)15(2)12-19(21)17-6-7-17/h8-9,12-13,17-18,35-37H,5-7,14H2,1-4H3,(H,33,34). The van der Waals surface area contributed by atoms with Crippen molar-refractivity contribution in [3.8, 4) is 17.7 Å². The predicted molar refractivity (Wildman–Crippen MR) is 138 cm³/mol. The SMILES string of the molecule is CCC(CC(=O)O)Oc1nn(C)c2ccc(N(C(=O)C#CC(O)(O)O)c3cc(C)c(C)cc3C3CC3)nc12. The fourth-order valence-electron chi connectivity index (χ4n) is 4.19. The largest absolute Gasteiger partial charge is 0.481 e. The maximum Gasteiger partial charge on any atom is 0.346 e. The number of anilines is 2. The molecule has 38 heavy (non-hydrogen) atoms. The fourth-order valence-corrected chi connectivity index (χ4v) is 4.19. The molecule has 0 saturated heterocycles. The van der Waals surface area contributed by atoms with Crippen LogP contribution in [-0.4, -0.2) is 59.1 Å². The molecule has 4 N–H and O–H groups in total. The number of aromatic nitrogens is 3. The zero-order valence-corrected chi connectivity index (χ0v) is 21.6. The summed E-state index contributed by atoms with van der Waals surface area (Å²) in [7, 11) is 1.70. The number of aliphatic carboxylic acids is 1. The Labute approximate surface area is 219 Å². The number of nitrogens with zero attached hydrogens (tertiary/aromatic N) is 4. The predicted octanol–water partition coefficient (Wildman–Crippen LogP) is 2.39. The molecule has 1 fully saturated rings. The van der Waals surface area contributed by atoms with Gasteiger partial charge >= 0.3 is 17.8 Å². The summed E-state index contributed by atoms with van der Waals surface area (Å²) in [6, 6.07) is 7.20. The van der Waals surface area contributed by atoms with Crippen LogP contribution in [-0.2, 0) is 16.6 Å². The van der Waals surface area contributed by atoms with Crippen LogP contribution in [0.5, 0.6) is 5.88 Å². The van der Waals surface area contributed by atoms with Gasteiger partial charge < -0.3 is 25.2 Å². The van der Waals surface area contributed by atoms with E-state index in [4.69, 9.17) is 4.74 Å². The summed E-state index contributed by atoms with van der Waals surface area (Å²) in [5.74, 6) is -0.801. The number of carboxylic acids is 1. The monoisotopic (exact) mass is 522 g/mol. The average Bonchev–Trinajstić information content (AvgIpc) is 3.64. The highest BCUT2D eigenvalue weighted by Crippen LogP contribution is 2.46. The third-order valence-electron chi connectivity index (χ3n) is 6.46. The van der Waals surface area contributed by atoms with Gasteiger partial charge in [-0.3, -0.25) is 19.2 Å². The molecule has 1 atom stereocenters. The third kappa shape index (κ3) is 5.94. The molecule has 11 heteroatoms. The van der Waals surface area contributed by atoms with Gasteiger partial charge in [-0.25, -0.2) is 4.98 Å². The second kappa shape index (κ2) is 10.4. The Morgan fingerprint density at radius 1 is 1.21 bits per heavy atom. The van der Waals surface area contributed by atoms with Gasteiger partial charge in [-0.15, -0.1) is 5.10 Å². The Kier molecular flexibility index (Phi) is 7.42. The first kappa shape index (κ1) is 27.1. The molecule has 1 aromatic carbocycles. The van der Waals surface area contributed by atoms with E-state index in [1.165, 1.54) is 4.90 Å². The van der Waals surface area contributed by atoms with E-state index >= 15 is 0 Å². The van der Waals surface area contributed by atoms with Gasteiger partial charge in [0.25, 0.3) is 5.88 Å². The van der Waals surface area contributed by atoms with Crippen molar-refractivity contribution in [1.29, 1.82) is 0 Å². The van der Waals surface area contributed by atoms with E-state index in [0.29, 0.717) is 23.1 Å². The quantitative estimate of drug-likeness (QED) is 0.257. The van der Waals surface area contributed by atoms with Crippen molar-refractivity contribution < 1.29 is 34.8 Å². The number of ether oxygens (including phenoxy) is 1. The normalized spacial score (nSPS) is 14.1. The lowest BCUT2D eigenvalue weighted by Crippen LogP contribution is -2.29. The molecule has 2 heterocycles. The second-order valence-electron chi connectivity index (χ2n) is 9.51. The zero-order chi connectivity index (χ0) is 27.8. The number of fused-ring (bicyclic) bond motifs is 1. The van der Waals surface area contributed by atoms with Gasteiger partial charge in [0.15, 0.2) is 5.52 Å². The number of amides is 1. The maximum atomic E-state index is 13.4. The molecule has 11 nitrogen and oxygen atoms in total. The van der Waals surface area contributed by atoms with Crippen molar-refractivity contribution in [2.45, 2.75) is 64.4 Å². The van der Waals surface area contributed by atoms with Gasteiger partial charge in [-0.1, -0.05) is 13.0 Å². The smallest absolute Gasteiger partial charge is 0.346 e. The van der Waals surface area contributed by atoms with Crippen molar-refractivity contribution in [2.24, 2.45) is 7.05 Å². The molecule has 3 aromatic rings. The van der Waals surface area contributed by atoms with E-state index in [9.17, 15) is 30.0 Å². The number of carbonyl (C=O) groups excluding carboxylic acids is 1. The molecule has 0 spiro atoms. The van der Waals surface area contributed by atoms with Crippen LogP contribution in [0.4, 0.5) is 11.5 Å². The van der Waals surface area contributed by atoms with Crippen LogP contribution in [0.3, 0.4) is 0 Å². The molecule has 4 rings (SSSR count). The molecule has 1 aliphatic carbocycles. The minimum Gasteiger partial charge on any atom is -0.481 e. The van der Waals surface area contributed by atoms with E-state index in [-0.39, 0.29) is 24.0 Å². The first-order valence-corrected chi connectivity index (χ1v) is 12.3. The van der Waals surface area contributed by atoms with E-state index in [1.54, 1.807) is 36.7 Å². The molecule has 1 saturated carbocycles. The topological polar surface area (TPSA) is 158 Å². The molecule has 0 aliphatic heterocycles. The molecule has 2 aromatic heterocycles. The summed E-state index contributed by atoms with van der Waals surface area (Å²) in [6.45, 7) is 5.71. The molecule has 0 bridgehead atoms. The number of hydrogen-bond donors (Lipinski definition) is 4. The lowest BCUT2D eigenvalue weighted by Gasteiger charge is -2.24. The van der Waals surface area contributed by atoms with Gasteiger partial charge in [0, 0.05) is 18.9 Å². The van der Waals surface area contributed by atoms with E-state index < -0.39 is 24.0 Å². The average molecular weight is 523 g/mol. The molecule has 1 unspecified atom stereocenters. The van der Waals surface area contributed by atoms with Crippen LogP contribution in [0.25, 0.3) is 11.0 Å². The summed E-state index contributed by atoms with van der Waals surface area (Å²) in [5, 5.41) is 41.3. The van der Waals surface area contributed by atoms with Gasteiger partial charge in [-0.05, 0) is 73.9 Å². The number of rotatable bonds is 8. The summed E-state index contributed by atoms with van der Waals surface area (Å²) in [6.07, 6.45) is 1.51. The number of carbonyl (C=O) groups is 2. The van der Waals surface area contributed by atoms with Crippen molar-refractivity contribution in [3.05, 3.63) is 41.0 Å². The van der Waals surface area contributed by atoms with Crippen molar-refractivity contribution in [2.75, 3.05) is 4.90 Å². The number of aliphatic hydroxyl groups is 3. The molecule has 1 amide bonds. The molecule has 200 valence electrons. The Bertz CT molecular complexity index is 1460. The number of pyridine rings is 1. The minimum atomic E-state index is -3.34. The number of carboxylic acid groups (broad SMARTS) is 1. The highest BCUT2D eigenvalue weighted by Gasteiger charge is 2.32. The Balaban J connectivity index is 1.88. The van der Waals surface area contributed by atoms with Crippen LogP contribution < -0.4 is 9.64 Å². The summed E-state index contributed by atoms with van der Waals surface area (Å²) in [4.78, 5) is 30.6. The van der Waals surface area contributed by atoms with Crippen LogP contribution >= 0.6 is 0 Å². The van der Waals surface area contributed by atoms with E-state index in [1.807, 2.05) is 26.0 Å². The van der Waals surface area contributed by atoms with Crippen LogP contribution in [0.1, 0.15) is 55.2 Å². The van der Waals surface area contributed by atoms with Gasteiger partial charge in [0.2, 0.25) is 0 Å². The van der Waals surface area contributed by atoms with Gasteiger partial charge in [-0.2, -0.15) is 0 Å². The Morgan fingerprint density at radius 3 is 2.50 bits per heavy atom. The van der Waals surface area contributed by atoms with Gasteiger partial charge in [0.05, 0.1) is 17.6 Å². The summed E-state index contributed by atoms with van der Waals surface area (Å²) >= 11 is 0. The maximum absolute atomic E-state index is 13.4. The summed E-state index contributed by atoms with van der Waals surface area (Å²) < 4.78 is 7.45. The van der Waals surface area contributed by atoms with Crippen LogP contribution in [0.15, 0.2) is 24.3 Å². The Morgan fingerprint density at radius 2 is 1.89 bits per heavy atom. The lowest BCUT2D eigenvalue weighted by molar-refractivity contribution is -0.265. The molecular weight excluding hydrogens is 492 g/mol. The first-order valence-electron chi connectivity index (χ1n) is 12.3. The molecular formula is C27H30N4O7. The van der Waals surface area contributed by atoms with Crippen molar-refractivity contribution >= 4 is 34.4 Å². The summed E-state index contributed by atoms with van der Waals surface area (Å²) in [5.41, 5.74) is 4.38. The minimum absolute atomic E-state index is 0.124. The highest BCUT2D eigenvalue weighted by atomic mass is 16.7. The molecule has 1 aliphatic rings. The lowest BCUT2D eigenvalue weighted by atomic mass is 9.99. The highest BCUT2D eigenvalue weighted by molar-refractivity contribution is 6.11. The Hall–Kier alpha value is -3.98. The number of aryl methyl sites for hydroxylation is 3.